The Morgan fingerprint density at radius 1 is 1.43 bits per heavy atom. The number of thiophene rings is 1. The van der Waals surface area contributed by atoms with Crippen LogP contribution in [0.3, 0.4) is 0 Å². The van der Waals surface area contributed by atoms with E-state index < -0.39 is 9.84 Å². The average molecular weight is 459 g/mol. The molecule has 0 aromatic carbocycles. The minimum absolute atomic E-state index is 0.177. The summed E-state index contributed by atoms with van der Waals surface area (Å²) in [4.78, 5) is 1.27. The van der Waals surface area contributed by atoms with Crippen LogP contribution in [0.25, 0.3) is 0 Å². The molecule has 0 radical (unpaired) electrons. The molecule has 3 atom stereocenters. The van der Waals surface area contributed by atoms with Crippen molar-refractivity contribution in [1.82, 2.24) is 5.32 Å². The summed E-state index contributed by atoms with van der Waals surface area (Å²) in [6.07, 6.45) is 5.05. The lowest BCUT2D eigenvalue weighted by Crippen LogP contribution is -2.35. The molecule has 3 unspecified atom stereocenters. The van der Waals surface area contributed by atoms with Gasteiger partial charge >= 0.3 is 0 Å². The Morgan fingerprint density at radius 2 is 2.14 bits per heavy atom. The maximum Gasteiger partial charge on any atom is 0.150 e. The summed E-state index contributed by atoms with van der Waals surface area (Å²) in [5.74, 6) is 0.385. The zero-order chi connectivity index (χ0) is 15.6. The number of sulfone groups is 1. The molecule has 120 valence electrons. The second-order valence-corrected chi connectivity index (χ2v) is 11.3. The molecule has 3 nitrogen and oxygen atoms in total. The molecule has 21 heavy (non-hydrogen) atoms. The topological polar surface area (TPSA) is 46.2 Å². The third-order valence-electron chi connectivity index (χ3n) is 4.14. The Kier molecular flexibility index (Phi) is 6.34. The SMILES string of the molecule is CCNC(c1cc(Br)c(Br)s1)C1CCCC(S(C)(=O)=O)C1. The van der Waals surface area contributed by atoms with Crippen LogP contribution < -0.4 is 5.32 Å². The van der Waals surface area contributed by atoms with E-state index in [2.05, 4.69) is 50.2 Å². The molecular weight excluding hydrogens is 438 g/mol. The number of hydrogen-bond donors (Lipinski definition) is 1. The van der Waals surface area contributed by atoms with Gasteiger partial charge in [-0.3, -0.25) is 0 Å². The van der Waals surface area contributed by atoms with E-state index in [1.54, 1.807) is 11.3 Å². The summed E-state index contributed by atoms with van der Waals surface area (Å²) < 4.78 is 25.9. The van der Waals surface area contributed by atoms with Crippen molar-refractivity contribution in [2.75, 3.05) is 12.8 Å². The zero-order valence-electron chi connectivity index (χ0n) is 12.2. The second-order valence-electron chi connectivity index (χ2n) is 5.68. The lowest BCUT2D eigenvalue weighted by atomic mass is 9.83. The highest BCUT2D eigenvalue weighted by Crippen LogP contribution is 2.42. The van der Waals surface area contributed by atoms with Crippen molar-refractivity contribution < 1.29 is 8.42 Å². The van der Waals surface area contributed by atoms with Crippen molar-refractivity contribution in [3.63, 3.8) is 0 Å². The third-order valence-corrected chi connectivity index (χ3v) is 9.12. The Hall–Kier alpha value is 0.570. The van der Waals surface area contributed by atoms with Crippen LogP contribution in [0.1, 0.15) is 43.5 Å². The van der Waals surface area contributed by atoms with Gasteiger partial charge in [-0.05, 0) is 69.7 Å². The van der Waals surface area contributed by atoms with Gasteiger partial charge in [0.15, 0.2) is 0 Å². The smallest absolute Gasteiger partial charge is 0.150 e. The molecule has 0 saturated heterocycles. The maximum absolute atomic E-state index is 11.9. The minimum Gasteiger partial charge on any atom is -0.309 e. The van der Waals surface area contributed by atoms with Gasteiger partial charge < -0.3 is 5.32 Å². The molecule has 1 fully saturated rings. The van der Waals surface area contributed by atoms with Crippen molar-refractivity contribution in [3.8, 4) is 0 Å². The predicted molar refractivity (Wildman–Crippen MR) is 96.7 cm³/mol. The van der Waals surface area contributed by atoms with E-state index >= 15 is 0 Å². The lowest BCUT2D eigenvalue weighted by Gasteiger charge is -2.34. The lowest BCUT2D eigenvalue weighted by molar-refractivity contribution is 0.278. The van der Waals surface area contributed by atoms with Crippen molar-refractivity contribution in [2.45, 2.75) is 43.9 Å². The predicted octanol–water partition coefficient (Wildman–Crippen LogP) is 4.53. The van der Waals surface area contributed by atoms with Crippen molar-refractivity contribution in [3.05, 3.63) is 19.2 Å². The molecule has 2 rings (SSSR count). The molecule has 1 N–H and O–H groups in total. The number of hydrogen-bond acceptors (Lipinski definition) is 4. The van der Waals surface area contributed by atoms with Crippen LogP contribution >= 0.6 is 43.2 Å². The minimum atomic E-state index is -2.94. The van der Waals surface area contributed by atoms with E-state index in [1.807, 2.05) is 0 Å². The number of rotatable bonds is 5. The first-order valence-corrected chi connectivity index (χ1v) is 11.6. The third kappa shape index (κ3) is 4.53. The Labute approximate surface area is 148 Å². The molecule has 7 heteroatoms. The second kappa shape index (κ2) is 7.43. The molecule has 1 saturated carbocycles. The van der Waals surface area contributed by atoms with Crippen LogP contribution in [-0.4, -0.2) is 26.5 Å². The maximum atomic E-state index is 11.9. The van der Waals surface area contributed by atoms with E-state index in [0.717, 1.165) is 40.5 Å². The molecule has 0 amide bonds. The van der Waals surface area contributed by atoms with E-state index in [1.165, 1.54) is 11.1 Å². The van der Waals surface area contributed by atoms with Gasteiger partial charge in [0, 0.05) is 21.6 Å². The van der Waals surface area contributed by atoms with Gasteiger partial charge in [-0.2, -0.15) is 0 Å². The number of halogens is 2. The Morgan fingerprint density at radius 3 is 2.67 bits per heavy atom. The van der Waals surface area contributed by atoms with Crippen LogP contribution in [-0.2, 0) is 9.84 Å². The standard InChI is InChI=1S/C14H21Br2NO2S2/c1-3-17-13(12-8-11(15)14(16)20-12)9-5-4-6-10(7-9)21(2,18)19/h8-10,13,17H,3-7H2,1-2H3. The largest absolute Gasteiger partial charge is 0.309 e. The van der Waals surface area contributed by atoms with E-state index in [4.69, 9.17) is 0 Å². The highest BCUT2D eigenvalue weighted by molar-refractivity contribution is 9.13. The fraction of sp³-hybridized carbons (Fsp3) is 0.714. The molecule has 1 aromatic rings. The highest BCUT2D eigenvalue weighted by Gasteiger charge is 2.34. The molecule has 1 aliphatic rings. The van der Waals surface area contributed by atoms with Gasteiger partial charge in [-0.25, -0.2) is 8.42 Å². The summed E-state index contributed by atoms with van der Waals surface area (Å²) in [7, 11) is -2.94. The first kappa shape index (κ1) is 17.9. The van der Waals surface area contributed by atoms with Gasteiger partial charge in [0.25, 0.3) is 0 Å². The molecule has 1 aliphatic carbocycles. The summed E-state index contributed by atoms with van der Waals surface area (Å²) in [6, 6.07) is 2.39. The molecule has 0 bridgehead atoms. The monoisotopic (exact) mass is 457 g/mol. The van der Waals surface area contributed by atoms with Gasteiger partial charge in [0.1, 0.15) is 9.84 Å². The number of nitrogens with one attached hydrogen (secondary N) is 1. The van der Waals surface area contributed by atoms with Crippen LogP contribution in [0.5, 0.6) is 0 Å². The summed E-state index contributed by atoms with van der Waals surface area (Å²) >= 11 is 8.82. The molecular formula is C14H21Br2NO2S2. The molecule has 0 spiro atoms. The first-order valence-electron chi connectivity index (χ1n) is 7.20. The quantitative estimate of drug-likeness (QED) is 0.704. The van der Waals surface area contributed by atoms with Crippen LogP contribution in [0.15, 0.2) is 14.3 Å². The Balaban J connectivity index is 2.21. The van der Waals surface area contributed by atoms with Gasteiger partial charge in [0.05, 0.1) is 9.04 Å². The average Bonchev–Trinajstić information content (AvgIpc) is 2.75. The zero-order valence-corrected chi connectivity index (χ0v) is 17.0. The van der Waals surface area contributed by atoms with Gasteiger partial charge in [-0.1, -0.05) is 13.3 Å². The summed E-state index contributed by atoms with van der Waals surface area (Å²) in [6.45, 7) is 2.99. The van der Waals surface area contributed by atoms with Gasteiger partial charge in [-0.15, -0.1) is 11.3 Å². The molecule has 1 heterocycles. The van der Waals surface area contributed by atoms with Gasteiger partial charge in [0.2, 0.25) is 0 Å². The Bertz CT molecular complexity index is 566. The normalized spacial score (nSPS) is 25.0. The molecule has 0 aliphatic heterocycles. The van der Waals surface area contributed by atoms with E-state index in [9.17, 15) is 8.42 Å². The van der Waals surface area contributed by atoms with E-state index in [-0.39, 0.29) is 11.3 Å². The fourth-order valence-corrected chi connectivity index (χ4v) is 6.56. The fourth-order valence-electron chi connectivity index (χ4n) is 3.11. The van der Waals surface area contributed by atoms with Crippen LogP contribution in [0.4, 0.5) is 0 Å². The first-order chi connectivity index (χ1) is 9.82. The highest BCUT2D eigenvalue weighted by atomic mass is 79.9. The van der Waals surface area contributed by atoms with Crippen molar-refractivity contribution in [2.24, 2.45) is 5.92 Å². The summed E-state index contributed by atoms with van der Waals surface area (Å²) in [5.41, 5.74) is 0. The molecule has 1 aromatic heterocycles. The van der Waals surface area contributed by atoms with Crippen LogP contribution in [0.2, 0.25) is 0 Å². The van der Waals surface area contributed by atoms with Crippen molar-refractivity contribution in [1.29, 1.82) is 0 Å². The van der Waals surface area contributed by atoms with E-state index in [0.29, 0.717) is 5.92 Å². The summed E-state index contributed by atoms with van der Waals surface area (Å²) in [5, 5.41) is 3.38. The van der Waals surface area contributed by atoms with Crippen molar-refractivity contribution >= 4 is 53.0 Å². The van der Waals surface area contributed by atoms with Crippen LogP contribution in [0, 0.1) is 5.92 Å².